The van der Waals surface area contributed by atoms with Gasteiger partial charge < -0.3 is 5.73 Å². The van der Waals surface area contributed by atoms with E-state index in [2.05, 4.69) is 0 Å². The number of pyridine rings is 1. The first-order valence-electron chi connectivity index (χ1n) is 4.52. The number of halogens is 2. The molecule has 0 aliphatic carbocycles. The number of nitrogens with zero attached hydrogens (tertiary/aromatic N) is 1. The van der Waals surface area contributed by atoms with Crippen molar-refractivity contribution >= 4 is 5.69 Å². The predicted molar refractivity (Wildman–Crippen MR) is 56.4 cm³/mol. The quantitative estimate of drug-likeness (QED) is 0.746. The molecule has 0 unspecified atom stereocenters. The van der Waals surface area contributed by atoms with Crippen molar-refractivity contribution in [2.75, 3.05) is 5.73 Å². The maximum Gasteiger partial charge on any atom is 0.255 e. The number of hydrogen-bond donors (Lipinski definition) is 1. The molecule has 0 bridgehead atoms. The van der Waals surface area contributed by atoms with Gasteiger partial charge in [-0.1, -0.05) is 6.07 Å². The maximum absolute atomic E-state index is 13.2. The molecule has 1 aromatic carbocycles. The second-order valence-electron chi connectivity index (χ2n) is 3.23. The highest BCUT2D eigenvalue weighted by molar-refractivity contribution is 5.48. The topological polar surface area (TPSA) is 48.0 Å². The molecule has 0 saturated heterocycles. The number of rotatable bonds is 1. The van der Waals surface area contributed by atoms with Gasteiger partial charge in [-0.05, 0) is 6.07 Å². The summed E-state index contributed by atoms with van der Waals surface area (Å²) >= 11 is 0. The van der Waals surface area contributed by atoms with Crippen LogP contribution in [0.15, 0.2) is 41.3 Å². The summed E-state index contributed by atoms with van der Waals surface area (Å²) in [4.78, 5) is 11.4. The monoisotopic (exact) mass is 222 g/mol. The minimum absolute atomic E-state index is 0.106. The van der Waals surface area contributed by atoms with Crippen molar-refractivity contribution in [1.82, 2.24) is 4.57 Å². The number of hydrogen-bond acceptors (Lipinski definition) is 2. The third kappa shape index (κ3) is 1.67. The summed E-state index contributed by atoms with van der Waals surface area (Å²) in [6, 6.07) is 6.46. The van der Waals surface area contributed by atoms with Crippen molar-refractivity contribution in [1.29, 1.82) is 0 Å². The van der Waals surface area contributed by atoms with Crippen molar-refractivity contribution in [2.24, 2.45) is 0 Å². The number of anilines is 1. The van der Waals surface area contributed by atoms with E-state index in [0.717, 1.165) is 16.7 Å². The Balaban J connectivity index is 2.67. The van der Waals surface area contributed by atoms with Gasteiger partial charge in [-0.25, -0.2) is 8.78 Å². The summed E-state index contributed by atoms with van der Waals surface area (Å²) in [5.74, 6) is -1.77. The fraction of sp³-hybridized carbons (Fsp3) is 0. The molecule has 2 aromatic rings. The van der Waals surface area contributed by atoms with Crippen LogP contribution in [0, 0.1) is 11.6 Å². The molecule has 1 heterocycles. The Morgan fingerprint density at radius 3 is 2.31 bits per heavy atom. The van der Waals surface area contributed by atoms with Crippen molar-refractivity contribution in [2.45, 2.75) is 0 Å². The Hall–Kier alpha value is -2.17. The fourth-order valence-corrected chi connectivity index (χ4v) is 1.35. The largest absolute Gasteiger partial charge is 0.394 e. The maximum atomic E-state index is 13.2. The van der Waals surface area contributed by atoms with Gasteiger partial charge in [0.25, 0.3) is 5.56 Å². The van der Waals surface area contributed by atoms with Crippen LogP contribution in [0.5, 0.6) is 0 Å². The molecular weight excluding hydrogens is 214 g/mol. The molecule has 0 amide bonds. The van der Waals surface area contributed by atoms with E-state index < -0.39 is 17.3 Å². The Morgan fingerprint density at radius 2 is 1.75 bits per heavy atom. The minimum Gasteiger partial charge on any atom is -0.394 e. The molecule has 3 nitrogen and oxygen atoms in total. The lowest BCUT2D eigenvalue weighted by atomic mass is 10.2. The van der Waals surface area contributed by atoms with E-state index in [9.17, 15) is 13.6 Å². The molecule has 0 aliphatic rings. The van der Waals surface area contributed by atoms with E-state index >= 15 is 0 Å². The van der Waals surface area contributed by atoms with Gasteiger partial charge in [0.15, 0.2) is 11.6 Å². The SMILES string of the molecule is Nc1c(F)cc(-n2ccccc2=O)cc1F. The lowest BCUT2D eigenvalue weighted by Crippen LogP contribution is -2.16. The normalized spacial score (nSPS) is 10.4. The molecule has 0 radical (unpaired) electrons. The average molecular weight is 222 g/mol. The number of nitrogens with two attached hydrogens (primary N) is 1. The van der Waals surface area contributed by atoms with Gasteiger partial charge in [-0.15, -0.1) is 0 Å². The highest BCUT2D eigenvalue weighted by Crippen LogP contribution is 2.18. The third-order valence-corrected chi connectivity index (χ3v) is 2.16. The number of aromatic nitrogens is 1. The molecule has 0 fully saturated rings. The Kier molecular flexibility index (Phi) is 2.44. The molecule has 1 aromatic heterocycles. The summed E-state index contributed by atoms with van der Waals surface area (Å²) < 4.78 is 27.5. The highest BCUT2D eigenvalue weighted by atomic mass is 19.1. The smallest absolute Gasteiger partial charge is 0.255 e. The van der Waals surface area contributed by atoms with Crippen LogP contribution in [0.2, 0.25) is 0 Å². The second kappa shape index (κ2) is 3.77. The lowest BCUT2D eigenvalue weighted by molar-refractivity contribution is 0.589. The van der Waals surface area contributed by atoms with Crippen LogP contribution in [0.25, 0.3) is 5.69 Å². The lowest BCUT2D eigenvalue weighted by Gasteiger charge is -2.06. The molecule has 0 spiro atoms. The van der Waals surface area contributed by atoms with Gasteiger partial charge in [0.1, 0.15) is 5.69 Å². The predicted octanol–water partition coefficient (Wildman–Crippen LogP) is 1.70. The van der Waals surface area contributed by atoms with E-state index in [1.807, 2.05) is 0 Å². The first-order valence-corrected chi connectivity index (χ1v) is 4.52. The molecule has 82 valence electrons. The van der Waals surface area contributed by atoms with Crippen molar-refractivity contribution in [3.8, 4) is 5.69 Å². The molecule has 0 aliphatic heterocycles. The molecule has 16 heavy (non-hydrogen) atoms. The van der Waals surface area contributed by atoms with Crippen molar-refractivity contribution in [3.05, 3.63) is 58.5 Å². The van der Waals surface area contributed by atoms with Gasteiger partial charge >= 0.3 is 0 Å². The Morgan fingerprint density at radius 1 is 1.12 bits per heavy atom. The summed E-state index contributed by atoms with van der Waals surface area (Å²) in [7, 11) is 0. The van der Waals surface area contributed by atoms with E-state index in [0.29, 0.717) is 0 Å². The zero-order valence-electron chi connectivity index (χ0n) is 8.15. The van der Waals surface area contributed by atoms with Crippen LogP contribution in [0.3, 0.4) is 0 Å². The molecule has 5 heteroatoms. The zero-order valence-corrected chi connectivity index (χ0v) is 8.15. The minimum atomic E-state index is -0.884. The van der Waals surface area contributed by atoms with Crippen LogP contribution in [0.4, 0.5) is 14.5 Å². The fourth-order valence-electron chi connectivity index (χ4n) is 1.35. The van der Waals surface area contributed by atoms with Crippen LogP contribution in [0.1, 0.15) is 0 Å². The summed E-state index contributed by atoms with van der Waals surface area (Å²) in [6.07, 6.45) is 1.42. The molecular formula is C11H8F2N2O. The van der Waals surface area contributed by atoms with Crippen molar-refractivity contribution < 1.29 is 8.78 Å². The Bertz CT molecular complexity index is 570. The zero-order chi connectivity index (χ0) is 11.7. The summed E-state index contributed by atoms with van der Waals surface area (Å²) in [5, 5.41) is 0. The standard InChI is InChI=1S/C11H8F2N2O/c12-8-5-7(6-9(13)11(8)14)15-4-2-1-3-10(15)16/h1-6H,14H2. The van der Waals surface area contributed by atoms with Gasteiger partial charge in [0, 0.05) is 24.4 Å². The summed E-state index contributed by atoms with van der Waals surface area (Å²) in [6.45, 7) is 0. The first-order chi connectivity index (χ1) is 7.59. The highest BCUT2D eigenvalue weighted by Gasteiger charge is 2.09. The first kappa shape index (κ1) is 10.4. The van der Waals surface area contributed by atoms with Gasteiger partial charge in [0.2, 0.25) is 0 Å². The number of benzene rings is 1. The van der Waals surface area contributed by atoms with E-state index in [4.69, 9.17) is 5.73 Å². The second-order valence-corrected chi connectivity index (χ2v) is 3.23. The Labute approximate surface area is 89.8 Å². The van der Waals surface area contributed by atoms with E-state index in [-0.39, 0.29) is 11.2 Å². The van der Waals surface area contributed by atoms with Crippen molar-refractivity contribution in [3.63, 3.8) is 0 Å². The molecule has 0 atom stereocenters. The average Bonchev–Trinajstić information content (AvgIpc) is 2.26. The van der Waals surface area contributed by atoms with E-state index in [1.54, 1.807) is 12.1 Å². The van der Waals surface area contributed by atoms with Crippen LogP contribution >= 0.6 is 0 Å². The molecule has 2 rings (SSSR count). The molecule has 2 N–H and O–H groups in total. The van der Waals surface area contributed by atoms with Crippen LogP contribution < -0.4 is 11.3 Å². The number of nitrogen functional groups attached to an aromatic ring is 1. The van der Waals surface area contributed by atoms with E-state index in [1.165, 1.54) is 12.3 Å². The van der Waals surface area contributed by atoms with Gasteiger partial charge in [-0.3, -0.25) is 9.36 Å². The third-order valence-electron chi connectivity index (χ3n) is 2.16. The van der Waals surface area contributed by atoms with Crippen LogP contribution in [-0.2, 0) is 0 Å². The van der Waals surface area contributed by atoms with Crippen LogP contribution in [-0.4, -0.2) is 4.57 Å². The summed E-state index contributed by atoms with van der Waals surface area (Å²) in [5.41, 5.74) is 4.32. The molecule has 0 saturated carbocycles. The van der Waals surface area contributed by atoms with Gasteiger partial charge in [0.05, 0.1) is 5.69 Å². The van der Waals surface area contributed by atoms with Gasteiger partial charge in [-0.2, -0.15) is 0 Å².